The number of anilines is 3. The number of hydrogen-bond donors (Lipinski definition) is 3. The van der Waals surface area contributed by atoms with Crippen LogP contribution in [0.3, 0.4) is 0 Å². The van der Waals surface area contributed by atoms with E-state index in [9.17, 15) is 19.7 Å². The van der Waals surface area contributed by atoms with Crippen molar-refractivity contribution in [2.24, 2.45) is 0 Å². The predicted octanol–water partition coefficient (Wildman–Crippen LogP) is 5.17. The van der Waals surface area contributed by atoms with Gasteiger partial charge in [-0.15, -0.1) is 0 Å². The Kier molecular flexibility index (Phi) is 7.07. The second kappa shape index (κ2) is 9.93. The minimum atomic E-state index is -0.536. The van der Waals surface area contributed by atoms with Crippen LogP contribution in [0.25, 0.3) is 0 Å². The SMILES string of the molecule is Cc1ccc([N+](=O)[O-])c(NC(=O)CNc2ccccc2C(=O)Nc2ccc(Cl)cc2)c1C. The Balaban J connectivity index is 1.71. The summed E-state index contributed by atoms with van der Waals surface area (Å²) in [4.78, 5) is 36.0. The van der Waals surface area contributed by atoms with E-state index in [1.165, 1.54) is 6.07 Å². The van der Waals surface area contributed by atoms with Gasteiger partial charge in [-0.1, -0.05) is 29.8 Å². The van der Waals surface area contributed by atoms with Crippen LogP contribution in [0.4, 0.5) is 22.7 Å². The summed E-state index contributed by atoms with van der Waals surface area (Å²) in [5.41, 5.74) is 2.80. The van der Waals surface area contributed by atoms with Gasteiger partial charge in [-0.2, -0.15) is 0 Å². The maximum absolute atomic E-state index is 12.7. The van der Waals surface area contributed by atoms with Crippen molar-refractivity contribution in [1.82, 2.24) is 0 Å². The van der Waals surface area contributed by atoms with Crippen LogP contribution in [-0.4, -0.2) is 23.3 Å². The summed E-state index contributed by atoms with van der Waals surface area (Å²) in [7, 11) is 0. The molecule has 0 radical (unpaired) electrons. The fourth-order valence-electron chi connectivity index (χ4n) is 3.04. The lowest BCUT2D eigenvalue weighted by molar-refractivity contribution is -0.384. The molecule has 2 amide bonds. The Hall–Kier alpha value is -3.91. The second-order valence-corrected chi connectivity index (χ2v) is 7.50. The number of nitro benzene ring substituents is 1. The molecule has 32 heavy (non-hydrogen) atoms. The maximum atomic E-state index is 12.7. The Morgan fingerprint density at radius 1 is 0.969 bits per heavy atom. The summed E-state index contributed by atoms with van der Waals surface area (Å²) >= 11 is 5.87. The first-order chi connectivity index (χ1) is 15.3. The van der Waals surface area contributed by atoms with Gasteiger partial charge in [0.15, 0.2) is 0 Å². The molecule has 0 atom stereocenters. The van der Waals surface area contributed by atoms with E-state index in [0.717, 1.165) is 5.56 Å². The Bertz CT molecular complexity index is 1180. The molecule has 0 aromatic heterocycles. The Morgan fingerprint density at radius 3 is 2.34 bits per heavy atom. The molecule has 164 valence electrons. The molecule has 0 fully saturated rings. The molecule has 0 aliphatic heterocycles. The van der Waals surface area contributed by atoms with Crippen LogP contribution < -0.4 is 16.0 Å². The lowest BCUT2D eigenvalue weighted by Crippen LogP contribution is -2.24. The number of halogens is 1. The predicted molar refractivity (Wildman–Crippen MR) is 126 cm³/mol. The number of aryl methyl sites for hydroxylation is 1. The molecule has 3 rings (SSSR count). The van der Waals surface area contributed by atoms with Crippen molar-refractivity contribution in [3.05, 3.63) is 92.5 Å². The summed E-state index contributed by atoms with van der Waals surface area (Å²) in [6.45, 7) is 3.33. The van der Waals surface area contributed by atoms with Crippen molar-refractivity contribution in [1.29, 1.82) is 0 Å². The molecule has 0 aliphatic carbocycles. The number of amides is 2. The van der Waals surface area contributed by atoms with Crippen LogP contribution in [0.2, 0.25) is 5.02 Å². The van der Waals surface area contributed by atoms with Gasteiger partial charge in [-0.3, -0.25) is 19.7 Å². The number of benzene rings is 3. The van der Waals surface area contributed by atoms with E-state index in [1.54, 1.807) is 61.5 Å². The van der Waals surface area contributed by atoms with Crippen LogP contribution in [-0.2, 0) is 4.79 Å². The van der Waals surface area contributed by atoms with Crippen LogP contribution >= 0.6 is 11.6 Å². The number of para-hydroxylation sites is 1. The first-order valence-electron chi connectivity index (χ1n) is 9.70. The highest BCUT2D eigenvalue weighted by Gasteiger charge is 2.19. The van der Waals surface area contributed by atoms with Crippen molar-refractivity contribution in [3.63, 3.8) is 0 Å². The molecule has 3 N–H and O–H groups in total. The number of carbonyl (C=O) groups excluding carboxylic acids is 2. The molecule has 0 spiro atoms. The molecule has 0 heterocycles. The topological polar surface area (TPSA) is 113 Å². The van der Waals surface area contributed by atoms with E-state index in [1.807, 2.05) is 6.92 Å². The fourth-order valence-corrected chi connectivity index (χ4v) is 3.16. The summed E-state index contributed by atoms with van der Waals surface area (Å²) in [6.07, 6.45) is 0. The van der Waals surface area contributed by atoms with Crippen molar-refractivity contribution in [2.75, 3.05) is 22.5 Å². The highest BCUT2D eigenvalue weighted by atomic mass is 35.5. The molecule has 0 aliphatic rings. The van der Waals surface area contributed by atoms with Gasteiger partial charge in [0.25, 0.3) is 11.6 Å². The maximum Gasteiger partial charge on any atom is 0.293 e. The summed E-state index contributed by atoms with van der Waals surface area (Å²) in [6, 6.07) is 16.4. The van der Waals surface area contributed by atoms with Crippen molar-refractivity contribution < 1.29 is 14.5 Å². The average molecular weight is 453 g/mol. The van der Waals surface area contributed by atoms with E-state index < -0.39 is 10.8 Å². The van der Waals surface area contributed by atoms with Gasteiger partial charge in [0.1, 0.15) is 5.69 Å². The zero-order valence-corrected chi connectivity index (χ0v) is 18.2. The zero-order chi connectivity index (χ0) is 23.3. The van der Waals surface area contributed by atoms with Gasteiger partial charge < -0.3 is 16.0 Å². The van der Waals surface area contributed by atoms with Crippen LogP contribution in [0.1, 0.15) is 21.5 Å². The molecule has 9 heteroatoms. The standard InChI is InChI=1S/C23H21ClN4O4/c1-14-7-12-20(28(31)32)22(15(14)2)27-21(29)13-25-19-6-4-3-5-18(19)23(30)26-17-10-8-16(24)9-11-17/h3-12,25H,13H2,1-2H3,(H,26,30)(H,27,29). The number of nitro groups is 1. The quantitative estimate of drug-likeness (QED) is 0.338. The number of nitrogens with one attached hydrogen (secondary N) is 3. The van der Waals surface area contributed by atoms with Gasteiger partial charge >= 0.3 is 0 Å². The molecule has 0 saturated heterocycles. The average Bonchev–Trinajstić information content (AvgIpc) is 2.77. The molecule has 3 aromatic carbocycles. The van der Waals surface area contributed by atoms with Gasteiger partial charge in [-0.25, -0.2) is 0 Å². The molecular weight excluding hydrogens is 432 g/mol. The first kappa shape index (κ1) is 22.8. The zero-order valence-electron chi connectivity index (χ0n) is 17.4. The largest absolute Gasteiger partial charge is 0.376 e. The number of rotatable bonds is 7. The Morgan fingerprint density at radius 2 is 1.66 bits per heavy atom. The highest BCUT2D eigenvalue weighted by molar-refractivity contribution is 6.30. The van der Waals surface area contributed by atoms with Crippen LogP contribution in [0, 0.1) is 24.0 Å². The van der Waals surface area contributed by atoms with Crippen molar-refractivity contribution >= 4 is 46.2 Å². The van der Waals surface area contributed by atoms with Crippen LogP contribution in [0.5, 0.6) is 0 Å². The first-order valence-corrected chi connectivity index (χ1v) is 10.1. The van der Waals surface area contributed by atoms with Gasteiger partial charge in [0, 0.05) is 22.5 Å². The molecule has 0 unspecified atom stereocenters. The second-order valence-electron chi connectivity index (χ2n) is 7.07. The number of hydrogen-bond acceptors (Lipinski definition) is 5. The normalized spacial score (nSPS) is 10.3. The van der Waals surface area contributed by atoms with Crippen molar-refractivity contribution in [3.8, 4) is 0 Å². The lowest BCUT2D eigenvalue weighted by Gasteiger charge is -2.14. The third-order valence-electron chi connectivity index (χ3n) is 4.89. The smallest absolute Gasteiger partial charge is 0.293 e. The van der Waals surface area contributed by atoms with E-state index in [4.69, 9.17) is 11.6 Å². The molecule has 0 saturated carbocycles. The fraction of sp³-hybridized carbons (Fsp3) is 0.130. The van der Waals surface area contributed by atoms with E-state index in [2.05, 4.69) is 16.0 Å². The van der Waals surface area contributed by atoms with E-state index in [-0.39, 0.29) is 23.8 Å². The highest BCUT2D eigenvalue weighted by Crippen LogP contribution is 2.30. The molecular formula is C23H21ClN4O4. The summed E-state index contributed by atoms with van der Waals surface area (Å²) < 4.78 is 0. The van der Waals surface area contributed by atoms with Gasteiger partial charge in [0.2, 0.25) is 5.91 Å². The van der Waals surface area contributed by atoms with Gasteiger partial charge in [-0.05, 0) is 61.4 Å². The Labute approximate surface area is 189 Å². The lowest BCUT2D eigenvalue weighted by atomic mass is 10.1. The minimum Gasteiger partial charge on any atom is -0.376 e. The monoisotopic (exact) mass is 452 g/mol. The molecule has 8 nitrogen and oxygen atoms in total. The van der Waals surface area contributed by atoms with Crippen LogP contribution in [0.15, 0.2) is 60.7 Å². The van der Waals surface area contributed by atoms with Crippen molar-refractivity contribution in [2.45, 2.75) is 13.8 Å². The molecule has 3 aromatic rings. The minimum absolute atomic E-state index is 0.163. The number of nitrogens with zero attached hydrogens (tertiary/aromatic N) is 1. The number of carbonyl (C=O) groups is 2. The van der Waals surface area contributed by atoms with E-state index >= 15 is 0 Å². The summed E-state index contributed by atoms with van der Waals surface area (Å²) in [5.74, 6) is -0.837. The summed E-state index contributed by atoms with van der Waals surface area (Å²) in [5, 5.41) is 20.2. The molecule has 0 bridgehead atoms. The van der Waals surface area contributed by atoms with Gasteiger partial charge in [0.05, 0.1) is 17.0 Å². The van der Waals surface area contributed by atoms with E-state index in [0.29, 0.717) is 27.5 Å². The third-order valence-corrected chi connectivity index (χ3v) is 5.14. The third kappa shape index (κ3) is 5.41.